The molecule has 0 spiro atoms. The van der Waals surface area contributed by atoms with Gasteiger partial charge in [-0.1, -0.05) is 6.07 Å². The van der Waals surface area contributed by atoms with Gasteiger partial charge in [0, 0.05) is 50.4 Å². The summed E-state index contributed by atoms with van der Waals surface area (Å²) in [6.45, 7) is 8.03. The molecule has 2 aliphatic rings. The van der Waals surface area contributed by atoms with Crippen molar-refractivity contribution in [3.8, 4) is 0 Å². The van der Waals surface area contributed by atoms with E-state index >= 15 is 0 Å². The fourth-order valence-electron chi connectivity index (χ4n) is 3.33. The zero-order valence-corrected chi connectivity index (χ0v) is 16.2. The van der Waals surface area contributed by atoms with Crippen LogP contribution < -0.4 is 4.90 Å². The first-order valence-corrected chi connectivity index (χ1v) is 9.42. The predicted octanol–water partition coefficient (Wildman–Crippen LogP) is 2.51. The first-order valence-electron chi connectivity index (χ1n) is 9.42. The van der Waals surface area contributed by atoms with Crippen molar-refractivity contribution in [2.75, 3.05) is 37.6 Å². The van der Waals surface area contributed by atoms with E-state index in [1.54, 1.807) is 26.8 Å². The molecular weight excluding hydrogens is 346 g/mol. The Balaban J connectivity index is 1.61. The maximum absolute atomic E-state index is 12.8. The minimum atomic E-state index is -0.530. The molecule has 2 aliphatic heterocycles. The second-order valence-electron chi connectivity index (χ2n) is 7.96. The molecule has 27 heavy (non-hydrogen) atoms. The van der Waals surface area contributed by atoms with Crippen molar-refractivity contribution >= 4 is 23.6 Å². The van der Waals surface area contributed by atoms with Gasteiger partial charge in [0.25, 0.3) is 5.91 Å². The largest absolute Gasteiger partial charge is 0.444 e. The van der Waals surface area contributed by atoms with E-state index < -0.39 is 5.60 Å². The highest BCUT2D eigenvalue weighted by Crippen LogP contribution is 2.23. The topological polar surface area (TPSA) is 70.2 Å². The van der Waals surface area contributed by atoms with Gasteiger partial charge in [-0.25, -0.2) is 4.79 Å². The second kappa shape index (κ2) is 7.58. The van der Waals surface area contributed by atoms with Crippen molar-refractivity contribution in [3.05, 3.63) is 29.8 Å². The Hall–Kier alpha value is -2.57. The number of hydrogen-bond acceptors (Lipinski definition) is 4. The molecule has 0 aromatic heterocycles. The van der Waals surface area contributed by atoms with Crippen LogP contribution in [0.4, 0.5) is 10.5 Å². The van der Waals surface area contributed by atoms with Crippen molar-refractivity contribution in [3.63, 3.8) is 0 Å². The molecule has 0 atom stereocenters. The quantitative estimate of drug-likeness (QED) is 0.799. The van der Waals surface area contributed by atoms with Crippen molar-refractivity contribution in [2.45, 2.75) is 39.2 Å². The van der Waals surface area contributed by atoms with Gasteiger partial charge >= 0.3 is 6.09 Å². The molecule has 3 amide bonds. The lowest BCUT2D eigenvalue weighted by molar-refractivity contribution is -0.117. The minimum absolute atomic E-state index is 0.0765. The van der Waals surface area contributed by atoms with Crippen LogP contribution in [0.1, 0.15) is 44.0 Å². The van der Waals surface area contributed by atoms with Crippen LogP contribution in [-0.4, -0.2) is 66.0 Å². The number of anilines is 1. The van der Waals surface area contributed by atoms with Crippen LogP contribution >= 0.6 is 0 Å². The molecule has 2 fully saturated rings. The van der Waals surface area contributed by atoms with Gasteiger partial charge in [0.15, 0.2) is 0 Å². The molecular formula is C20H27N3O4. The van der Waals surface area contributed by atoms with Crippen LogP contribution in [0, 0.1) is 0 Å². The Morgan fingerprint density at radius 2 is 1.67 bits per heavy atom. The fourth-order valence-corrected chi connectivity index (χ4v) is 3.33. The van der Waals surface area contributed by atoms with Crippen LogP contribution in [0.2, 0.25) is 0 Å². The Morgan fingerprint density at radius 3 is 2.26 bits per heavy atom. The van der Waals surface area contributed by atoms with E-state index in [9.17, 15) is 14.4 Å². The highest BCUT2D eigenvalue weighted by molar-refractivity contribution is 5.99. The number of nitrogens with zero attached hydrogens (tertiary/aromatic N) is 3. The van der Waals surface area contributed by atoms with Gasteiger partial charge in [0.2, 0.25) is 5.91 Å². The molecule has 0 aliphatic carbocycles. The van der Waals surface area contributed by atoms with E-state index in [-0.39, 0.29) is 17.9 Å². The molecule has 7 heteroatoms. The maximum Gasteiger partial charge on any atom is 0.410 e. The first-order chi connectivity index (χ1) is 12.7. The second-order valence-corrected chi connectivity index (χ2v) is 7.96. The van der Waals surface area contributed by atoms with Crippen LogP contribution in [0.25, 0.3) is 0 Å². The molecule has 0 bridgehead atoms. The van der Waals surface area contributed by atoms with Gasteiger partial charge in [-0.2, -0.15) is 0 Å². The molecule has 0 radical (unpaired) electrons. The highest BCUT2D eigenvalue weighted by atomic mass is 16.6. The summed E-state index contributed by atoms with van der Waals surface area (Å²) in [5.74, 6) is 0.0258. The van der Waals surface area contributed by atoms with Crippen molar-refractivity contribution < 1.29 is 19.1 Å². The third kappa shape index (κ3) is 4.59. The summed E-state index contributed by atoms with van der Waals surface area (Å²) in [6, 6.07) is 7.23. The summed E-state index contributed by atoms with van der Waals surface area (Å²) in [4.78, 5) is 42.0. The molecule has 1 aromatic rings. The number of benzene rings is 1. The Morgan fingerprint density at radius 1 is 1.00 bits per heavy atom. The molecule has 3 rings (SSSR count). The SMILES string of the molecule is CC(C)(C)OC(=O)N1CCN(C(=O)c2cccc(N3CCCC3=O)c2)CC1. The average molecular weight is 373 g/mol. The lowest BCUT2D eigenvalue weighted by Crippen LogP contribution is -2.51. The molecule has 0 unspecified atom stereocenters. The Kier molecular flexibility index (Phi) is 5.39. The summed E-state index contributed by atoms with van der Waals surface area (Å²) in [7, 11) is 0. The van der Waals surface area contributed by atoms with E-state index in [1.807, 2.05) is 32.9 Å². The average Bonchev–Trinajstić information content (AvgIpc) is 3.06. The number of carbonyl (C=O) groups excluding carboxylic acids is 3. The Bertz CT molecular complexity index is 733. The van der Waals surface area contributed by atoms with Crippen LogP contribution in [0.15, 0.2) is 24.3 Å². The number of piperazine rings is 1. The van der Waals surface area contributed by atoms with Crippen LogP contribution in [-0.2, 0) is 9.53 Å². The standard InChI is InChI=1S/C20H27N3O4/c1-20(2,3)27-19(26)22-12-10-21(11-13-22)18(25)15-6-4-7-16(14-15)23-9-5-8-17(23)24/h4,6-7,14H,5,8-13H2,1-3H3. The van der Waals surface area contributed by atoms with E-state index in [1.165, 1.54) is 0 Å². The molecule has 1 aromatic carbocycles. The maximum atomic E-state index is 12.8. The zero-order valence-electron chi connectivity index (χ0n) is 16.2. The lowest BCUT2D eigenvalue weighted by Gasteiger charge is -2.35. The summed E-state index contributed by atoms with van der Waals surface area (Å²) >= 11 is 0. The first kappa shape index (κ1) is 19.2. The van der Waals surface area contributed by atoms with E-state index in [2.05, 4.69) is 0 Å². The van der Waals surface area contributed by atoms with Crippen molar-refractivity contribution in [1.82, 2.24) is 9.80 Å². The summed E-state index contributed by atoms with van der Waals surface area (Å²) in [5, 5.41) is 0. The third-order valence-corrected chi connectivity index (χ3v) is 4.70. The molecule has 0 N–H and O–H groups in total. The van der Waals surface area contributed by atoms with E-state index in [0.29, 0.717) is 44.7 Å². The lowest BCUT2D eigenvalue weighted by atomic mass is 10.1. The summed E-state index contributed by atoms with van der Waals surface area (Å²) in [5.41, 5.74) is 0.811. The van der Waals surface area contributed by atoms with Crippen LogP contribution in [0.3, 0.4) is 0 Å². The smallest absolute Gasteiger partial charge is 0.410 e. The molecule has 2 heterocycles. The number of hydrogen-bond donors (Lipinski definition) is 0. The number of carbonyl (C=O) groups is 3. The molecule has 146 valence electrons. The zero-order chi connectivity index (χ0) is 19.6. The molecule has 7 nitrogen and oxygen atoms in total. The number of rotatable bonds is 2. The number of amides is 3. The van der Waals surface area contributed by atoms with Gasteiger partial charge < -0.3 is 19.4 Å². The van der Waals surface area contributed by atoms with E-state index in [4.69, 9.17) is 4.74 Å². The number of ether oxygens (including phenoxy) is 1. The van der Waals surface area contributed by atoms with Gasteiger partial charge in [-0.05, 0) is 45.4 Å². The van der Waals surface area contributed by atoms with Gasteiger partial charge in [-0.15, -0.1) is 0 Å². The Labute approximate surface area is 159 Å². The third-order valence-electron chi connectivity index (χ3n) is 4.70. The van der Waals surface area contributed by atoms with Gasteiger partial charge in [-0.3, -0.25) is 9.59 Å². The molecule has 2 saturated heterocycles. The van der Waals surface area contributed by atoms with Crippen molar-refractivity contribution in [1.29, 1.82) is 0 Å². The van der Waals surface area contributed by atoms with E-state index in [0.717, 1.165) is 12.1 Å². The van der Waals surface area contributed by atoms with Gasteiger partial charge in [0.1, 0.15) is 5.60 Å². The predicted molar refractivity (Wildman–Crippen MR) is 102 cm³/mol. The normalized spacial score (nSPS) is 18.0. The minimum Gasteiger partial charge on any atom is -0.444 e. The monoisotopic (exact) mass is 373 g/mol. The summed E-state index contributed by atoms with van der Waals surface area (Å²) < 4.78 is 5.39. The fraction of sp³-hybridized carbons (Fsp3) is 0.550. The summed E-state index contributed by atoms with van der Waals surface area (Å²) in [6.07, 6.45) is 1.07. The highest BCUT2D eigenvalue weighted by Gasteiger charge is 2.28. The molecule has 0 saturated carbocycles. The van der Waals surface area contributed by atoms with Gasteiger partial charge in [0.05, 0.1) is 0 Å². The van der Waals surface area contributed by atoms with Crippen LogP contribution in [0.5, 0.6) is 0 Å². The van der Waals surface area contributed by atoms with Crippen molar-refractivity contribution in [2.24, 2.45) is 0 Å².